The lowest BCUT2D eigenvalue weighted by Gasteiger charge is -2.28. The van der Waals surface area contributed by atoms with E-state index in [4.69, 9.17) is 0 Å². The van der Waals surface area contributed by atoms with Crippen LogP contribution in [-0.2, 0) is 0 Å². The number of nitrogens with one attached hydrogen (secondary N) is 1. The van der Waals surface area contributed by atoms with E-state index in [9.17, 15) is 0 Å². The summed E-state index contributed by atoms with van der Waals surface area (Å²) in [6.07, 6.45) is 6.50. The molecular weight excluding hydrogens is 236 g/mol. The number of anilines is 2. The Hall–Kier alpha value is -1.32. The van der Waals surface area contributed by atoms with Crippen LogP contribution >= 0.6 is 0 Å². The van der Waals surface area contributed by atoms with Gasteiger partial charge in [-0.05, 0) is 26.7 Å². The zero-order valence-electron chi connectivity index (χ0n) is 12.8. The highest BCUT2D eigenvalue weighted by Gasteiger charge is 2.12. The van der Waals surface area contributed by atoms with E-state index >= 15 is 0 Å². The third kappa shape index (κ3) is 5.45. The van der Waals surface area contributed by atoms with Gasteiger partial charge >= 0.3 is 0 Å². The van der Waals surface area contributed by atoms with Gasteiger partial charge in [0.25, 0.3) is 0 Å². The molecule has 0 spiro atoms. The van der Waals surface area contributed by atoms with E-state index in [2.05, 4.69) is 53.9 Å². The maximum atomic E-state index is 4.42. The van der Waals surface area contributed by atoms with Gasteiger partial charge in [0.15, 0.2) is 0 Å². The Balaban J connectivity index is 2.71. The third-order valence-electron chi connectivity index (χ3n) is 3.13. The van der Waals surface area contributed by atoms with Crippen molar-refractivity contribution < 1.29 is 0 Å². The van der Waals surface area contributed by atoms with Crippen LogP contribution in [0.1, 0.15) is 53.4 Å². The predicted molar refractivity (Wildman–Crippen MR) is 82.8 cm³/mol. The van der Waals surface area contributed by atoms with Crippen LogP contribution in [0, 0.1) is 0 Å². The zero-order valence-corrected chi connectivity index (χ0v) is 12.8. The van der Waals surface area contributed by atoms with Crippen molar-refractivity contribution >= 4 is 11.6 Å². The van der Waals surface area contributed by atoms with Gasteiger partial charge in [-0.1, -0.05) is 26.7 Å². The standard InChI is InChI=1S/C15H28N4/c1-5-7-8-10-19(13(3)4)15-11-14(16-9-6-2)17-12-18-15/h11-13H,5-10H2,1-4H3,(H,16,17,18). The molecule has 0 aliphatic heterocycles. The largest absolute Gasteiger partial charge is 0.370 e. The zero-order chi connectivity index (χ0) is 14.1. The fourth-order valence-corrected chi connectivity index (χ4v) is 2.02. The maximum absolute atomic E-state index is 4.42. The first-order valence-corrected chi connectivity index (χ1v) is 7.51. The second-order valence-corrected chi connectivity index (χ2v) is 5.18. The van der Waals surface area contributed by atoms with Gasteiger partial charge in [-0.15, -0.1) is 0 Å². The van der Waals surface area contributed by atoms with E-state index < -0.39 is 0 Å². The van der Waals surface area contributed by atoms with E-state index in [1.54, 1.807) is 6.33 Å². The summed E-state index contributed by atoms with van der Waals surface area (Å²) >= 11 is 0. The number of hydrogen-bond acceptors (Lipinski definition) is 4. The molecule has 1 aromatic heterocycles. The van der Waals surface area contributed by atoms with Gasteiger partial charge in [0.1, 0.15) is 18.0 Å². The molecule has 0 atom stereocenters. The molecule has 0 aliphatic carbocycles. The summed E-state index contributed by atoms with van der Waals surface area (Å²) in [7, 11) is 0. The molecule has 0 unspecified atom stereocenters. The third-order valence-corrected chi connectivity index (χ3v) is 3.13. The SMILES string of the molecule is CCCCCN(c1cc(NCCC)ncn1)C(C)C. The average molecular weight is 264 g/mol. The van der Waals surface area contributed by atoms with Crippen LogP contribution < -0.4 is 10.2 Å². The minimum Gasteiger partial charge on any atom is -0.370 e. The summed E-state index contributed by atoms with van der Waals surface area (Å²) in [5.41, 5.74) is 0. The Bertz CT molecular complexity index is 352. The Labute approximate surface area is 117 Å². The van der Waals surface area contributed by atoms with Crippen LogP contribution in [-0.4, -0.2) is 29.1 Å². The summed E-state index contributed by atoms with van der Waals surface area (Å²) in [4.78, 5) is 11.0. The van der Waals surface area contributed by atoms with Gasteiger partial charge in [0, 0.05) is 25.2 Å². The van der Waals surface area contributed by atoms with E-state index in [-0.39, 0.29) is 0 Å². The van der Waals surface area contributed by atoms with E-state index in [0.29, 0.717) is 6.04 Å². The Morgan fingerprint density at radius 2 is 1.95 bits per heavy atom. The van der Waals surface area contributed by atoms with Crippen LogP contribution in [0.5, 0.6) is 0 Å². The Morgan fingerprint density at radius 1 is 1.16 bits per heavy atom. The molecule has 0 aromatic carbocycles. The van der Waals surface area contributed by atoms with Crippen LogP contribution in [0.4, 0.5) is 11.6 Å². The van der Waals surface area contributed by atoms with Gasteiger partial charge in [-0.25, -0.2) is 9.97 Å². The fourth-order valence-electron chi connectivity index (χ4n) is 2.02. The monoisotopic (exact) mass is 264 g/mol. The first-order valence-electron chi connectivity index (χ1n) is 7.51. The number of unbranched alkanes of at least 4 members (excludes halogenated alkanes) is 2. The number of aromatic nitrogens is 2. The second kappa shape index (κ2) is 8.73. The second-order valence-electron chi connectivity index (χ2n) is 5.18. The molecule has 4 heteroatoms. The van der Waals surface area contributed by atoms with Crippen LogP contribution in [0.15, 0.2) is 12.4 Å². The first kappa shape index (κ1) is 15.7. The first-order chi connectivity index (χ1) is 9.19. The van der Waals surface area contributed by atoms with Gasteiger partial charge in [-0.3, -0.25) is 0 Å². The topological polar surface area (TPSA) is 41.0 Å². The predicted octanol–water partition coefficient (Wildman–Crippen LogP) is 3.70. The van der Waals surface area contributed by atoms with Gasteiger partial charge in [0.05, 0.1) is 0 Å². The van der Waals surface area contributed by atoms with E-state index in [0.717, 1.165) is 31.1 Å². The van der Waals surface area contributed by atoms with Crippen molar-refractivity contribution in [2.24, 2.45) is 0 Å². The number of hydrogen-bond donors (Lipinski definition) is 1. The number of rotatable bonds is 9. The summed E-state index contributed by atoms with van der Waals surface area (Å²) in [6, 6.07) is 2.52. The highest BCUT2D eigenvalue weighted by Crippen LogP contribution is 2.17. The molecule has 0 saturated carbocycles. The van der Waals surface area contributed by atoms with Crippen molar-refractivity contribution in [3.63, 3.8) is 0 Å². The van der Waals surface area contributed by atoms with E-state index in [1.165, 1.54) is 19.3 Å². The average Bonchev–Trinajstić information content (AvgIpc) is 2.41. The van der Waals surface area contributed by atoms with Crippen molar-refractivity contribution in [2.45, 2.75) is 59.4 Å². The lowest BCUT2D eigenvalue weighted by Crippen LogP contribution is -2.32. The van der Waals surface area contributed by atoms with Crippen molar-refractivity contribution in [3.05, 3.63) is 12.4 Å². The van der Waals surface area contributed by atoms with Gasteiger partial charge in [-0.2, -0.15) is 0 Å². The molecule has 0 saturated heterocycles. The molecule has 0 aliphatic rings. The quantitative estimate of drug-likeness (QED) is 0.690. The minimum atomic E-state index is 0.464. The minimum absolute atomic E-state index is 0.464. The smallest absolute Gasteiger partial charge is 0.134 e. The van der Waals surface area contributed by atoms with Gasteiger partial charge < -0.3 is 10.2 Å². The van der Waals surface area contributed by atoms with Crippen molar-refractivity contribution in [1.82, 2.24) is 9.97 Å². The normalized spacial score (nSPS) is 10.8. The van der Waals surface area contributed by atoms with Crippen LogP contribution in [0.25, 0.3) is 0 Å². The molecule has 1 heterocycles. The molecule has 1 N–H and O–H groups in total. The Kier molecular flexibility index (Phi) is 7.23. The van der Waals surface area contributed by atoms with Crippen LogP contribution in [0.3, 0.4) is 0 Å². The Morgan fingerprint density at radius 3 is 2.58 bits per heavy atom. The maximum Gasteiger partial charge on any atom is 0.134 e. The molecule has 0 radical (unpaired) electrons. The van der Waals surface area contributed by atoms with Crippen molar-refractivity contribution in [2.75, 3.05) is 23.3 Å². The molecule has 1 aromatic rings. The summed E-state index contributed by atoms with van der Waals surface area (Å²) < 4.78 is 0. The molecule has 1 rings (SSSR count). The summed E-state index contributed by atoms with van der Waals surface area (Å²) in [5, 5.41) is 3.32. The lowest BCUT2D eigenvalue weighted by molar-refractivity contribution is 0.619. The summed E-state index contributed by atoms with van der Waals surface area (Å²) in [5.74, 6) is 1.95. The lowest BCUT2D eigenvalue weighted by atomic mass is 10.2. The molecule has 4 nitrogen and oxygen atoms in total. The van der Waals surface area contributed by atoms with Crippen molar-refractivity contribution in [1.29, 1.82) is 0 Å². The molecule has 0 amide bonds. The van der Waals surface area contributed by atoms with Crippen LogP contribution in [0.2, 0.25) is 0 Å². The van der Waals surface area contributed by atoms with Crippen molar-refractivity contribution in [3.8, 4) is 0 Å². The molecule has 0 bridgehead atoms. The highest BCUT2D eigenvalue weighted by molar-refractivity contribution is 5.48. The number of nitrogens with zero attached hydrogens (tertiary/aromatic N) is 3. The summed E-state index contributed by atoms with van der Waals surface area (Å²) in [6.45, 7) is 10.8. The molecule has 0 fully saturated rings. The highest BCUT2D eigenvalue weighted by atomic mass is 15.2. The molecule has 108 valence electrons. The van der Waals surface area contributed by atoms with Gasteiger partial charge in [0.2, 0.25) is 0 Å². The molecular formula is C15H28N4. The molecule has 19 heavy (non-hydrogen) atoms. The van der Waals surface area contributed by atoms with E-state index in [1.807, 2.05) is 0 Å². The fraction of sp³-hybridized carbons (Fsp3) is 0.733.